The third-order valence-electron chi connectivity index (χ3n) is 5.62. The number of halogens is 1. The Morgan fingerprint density at radius 1 is 1.23 bits per heavy atom. The molecule has 0 radical (unpaired) electrons. The fraction of sp³-hybridized carbons (Fsp3) is 0.364. The van der Waals surface area contributed by atoms with Gasteiger partial charge in [-0.15, -0.1) is 0 Å². The van der Waals surface area contributed by atoms with Crippen LogP contribution in [0, 0.1) is 0 Å². The molecule has 0 spiro atoms. The summed E-state index contributed by atoms with van der Waals surface area (Å²) in [6, 6.07) is 10.3. The van der Waals surface area contributed by atoms with Gasteiger partial charge in [-0.1, -0.05) is 29.8 Å². The number of amides is 1. The van der Waals surface area contributed by atoms with Crippen LogP contribution >= 0.6 is 11.6 Å². The molecular formula is C22H25ClN4O3S. The second-order valence-electron chi connectivity index (χ2n) is 7.84. The average Bonchev–Trinajstić information content (AvgIpc) is 3.26. The minimum atomic E-state index is -3.60. The zero-order chi connectivity index (χ0) is 21.8. The Kier molecular flexibility index (Phi) is 6.60. The first-order valence-corrected chi connectivity index (χ1v) is 12.3. The van der Waals surface area contributed by atoms with Gasteiger partial charge in [0.15, 0.2) is 9.84 Å². The molecule has 1 fully saturated rings. The van der Waals surface area contributed by atoms with Crippen LogP contribution in [-0.4, -0.2) is 54.1 Å². The molecule has 3 aromatic rings. The minimum Gasteiger partial charge on any atom is -0.353 e. The number of carbonyl (C=O) groups is 1. The molecule has 2 heterocycles. The maximum Gasteiger partial charge on any atom is 0.221 e. The normalized spacial score (nSPS) is 15.9. The van der Waals surface area contributed by atoms with Crippen LogP contribution in [0.5, 0.6) is 0 Å². The molecule has 2 N–H and O–H groups in total. The lowest BCUT2D eigenvalue weighted by Gasteiger charge is -2.31. The number of hydrogen-bond donors (Lipinski definition) is 2. The number of piperidine rings is 1. The summed E-state index contributed by atoms with van der Waals surface area (Å²) >= 11 is 6.01. The maximum atomic E-state index is 12.9. The molecule has 0 saturated carbocycles. The second-order valence-corrected chi connectivity index (χ2v) is 10.4. The predicted octanol–water partition coefficient (Wildman–Crippen LogP) is 3.16. The van der Waals surface area contributed by atoms with Gasteiger partial charge in [-0.2, -0.15) is 0 Å². The Bertz CT molecular complexity index is 1160. The van der Waals surface area contributed by atoms with Gasteiger partial charge < -0.3 is 10.3 Å². The fourth-order valence-corrected chi connectivity index (χ4v) is 5.63. The molecule has 2 aromatic carbocycles. The van der Waals surface area contributed by atoms with Crippen LogP contribution in [0.25, 0.3) is 10.8 Å². The van der Waals surface area contributed by atoms with Crippen molar-refractivity contribution in [3.05, 3.63) is 59.6 Å². The van der Waals surface area contributed by atoms with Crippen molar-refractivity contribution in [2.24, 2.45) is 0 Å². The van der Waals surface area contributed by atoms with Crippen molar-refractivity contribution in [2.75, 3.05) is 18.8 Å². The number of rotatable bonds is 7. The van der Waals surface area contributed by atoms with Crippen molar-refractivity contribution < 1.29 is 13.2 Å². The molecule has 0 unspecified atom stereocenters. The van der Waals surface area contributed by atoms with Crippen molar-refractivity contribution in [3.63, 3.8) is 0 Å². The number of H-pyrrole nitrogens is 1. The number of aromatic nitrogens is 2. The van der Waals surface area contributed by atoms with Crippen LogP contribution in [-0.2, 0) is 21.2 Å². The van der Waals surface area contributed by atoms with Gasteiger partial charge in [-0.25, -0.2) is 13.4 Å². The summed E-state index contributed by atoms with van der Waals surface area (Å²) in [5.41, 5.74) is 0. The lowest BCUT2D eigenvalue weighted by Crippen LogP contribution is -2.44. The van der Waals surface area contributed by atoms with Crippen LogP contribution in [0.3, 0.4) is 0 Å². The standard InChI is InChI=1S/C22H25ClN4O3S/c23-17-4-5-19-16(14-17)2-1-3-20(19)31(29,30)13-8-22(28)26-18-6-11-27(12-7-18)15-21-24-9-10-25-21/h1-5,9-10,14,18H,6-8,11-13,15H2,(H,24,25)(H,26,28). The van der Waals surface area contributed by atoms with E-state index in [0.717, 1.165) is 43.7 Å². The third-order valence-corrected chi connectivity index (χ3v) is 7.62. The molecule has 0 atom stereocenters. The SMILES string of the molecule is O=C(CCS(=O)(=O)c1cccc2cc(Cl)ccc12)NC1CCN(Cc2ncc[nH]2)CC1. The summed E-state index contributed by atoms with van der Waals surface area (Å²) in [6.07, 6.45) is 5.17. The predicted molar refractivity (Wildman–Crippen MR) is 121 cm³/mol. The van der Waals surface area contributed by atoms with E-state index in [2.05, 4.69) is 20.2 Å². The largest absolute Gasteiger partial charge is 0.353 e. The van der Waals surface area contributed by atoms with E-state index in [1.54, 1.807) is 36.5 Å². The number of likely N-dealkylation sites (tertiary alicyclic amines) is 1. The highest BCUT2D eigenvalue weighted by molar-refractivity contribution is 7.91. The molecule has 31 heavy (non-hydrogen) atoms. The molecule has 1 aromatic heterocycles. The van der Waals surface area contributed by atoms with Crippen LogP contribution in [0.1, 0.15) is 25.1 Å². The molecule has 9 heteroatoms. The van der Waals surface area contributed by atoms with Crippen molar-refractivity contribution in [1.82, 2.24) is 20.2 Å². The van der Waals surface area contributed by atoms with Gasteiger partial charge in [0.1, 0.15) is 5.82 Å². The lowest BCUT2D eigenvalue weighted by atomic mass is 10.0. The Morgan fingerprint density at radius 3 is 2.77 bits per heavy atom. The Morgan fingerprint density at radius 2 is 2.03 bits per heavy atom. The molecule has 0 aliphatic carbocycles. The number of carbonyl (C=O) groups excluding carboxylic acids is 1. The van der Waals surface area contributed by atoms with E-state index >= 15 is 0 Å². The monoisotopic (exact) mass is 460 g/mol. The van der Waals surface area contributed by atoms with E-state index in [1.807, 2.05) is 12.3 Å². The summed E-state index contributed by atoms with van der Waals surface area (Å²) in [4.78, 5) is 22.3. The summed E-state index contributed by atoms with van der Waals surface area (Å²) < 4.78 is 25.8. The summed E-state index contributed by atoms with van der Waals surface area (Å²) in [7, 11) is -3.60. The number of aromatic amines is 1. The fourth-order valence-electron chi connectivity index (χ4n) is 3.96. The molecule has 1 saturated heterocycles. The van der Waals surface area contributed by atoms with E-state index in [9.17, 15) is 13.2 Å². The summed E-state index contributed by atoms with van der Waals surface area (Å²) in [6.45, 7) is 2.49. The van der Waals surface area contributed by atoms with Crippen LogP contribution < -0.4 is 5.32 Å². The van der Waals surface area contributed by atoms with E-state index in [4.69, 9.17) is 11.6 Å². The second kappa shape index (κ2) is 9.38. The van der Waals surface area contributed by atoms with E-state index in [1.165, 1.54) is 0 Å². The summed E-state index contributed by atoms with van der Waals surface area (Å²) in [5.74, 6) is 0.484. The molecule has 4 rings (SSSR count). The van der Waals surface area contributed by atoms with E-state index in [0.29, 0.717) is 10.4 Å². The van der Waals surface area contributed by atoms with E-state index in [-0.39, 0.29) is 29.0 Å². The van der Waals surface area contributed by atoms with Gasteiger partial charge >= 0.3 is 0 Å². The van der Waals surface area contributed by atoms with Crippen LogP contribution in [0.15, 0.2) is 53.7 Å². The number of sulfone groups is 1. The minimum absolute atomic E-state index is 0.0566. The van der Waals surface area contributed by atoms with Crippen molar-refractivity contribution in [3.8, 4) is 0 Å². The highest BCUT2D eigenvalue weighted by atomic mass is 35.5. The van der Waals surface area contributed by atoms with Gasteiger partial charge in [0, 0.05) is 48.4 Å². The molecule has 1 aliphatic rings. The first kappa shape index (κ1) is 21.8. The molecule has 0 bridgehead atoms. The third kappa shape index (κ3) is 5.44. The maximum absolute atomic E-state index is 12.9. The molecular weight excluding hydrogens is 436 g/mol. The highest BCUT2D eigenvalue weighted by Gasteiger charge is 2.23. The highest BCUT2D eigenvalue weighted by Crippen LogP contribution is 2.26. The Balaban J connectivity index is 1.30. The lowest BCUT2D eigenvalue weighted by molar-refractivity contribution is -0.121. The number of fused-ring (bicyclic) bond motifs is 1. The van der Waals surface area contributed by atoms with Gasteiger partial charge in [-0.3, -0.25) is 9.69 Å². The summed E-state index contributed by atoms with van der Waals surface area (Å²) in [5, 5.41) is 4.93. The Labute approximate surface area is 186 Å². The van der Waals surface area contributed by atoms with Crippen LogP contribution in [0.4, 0.5) is 0 Å². The first-order chi connectivity index (χ1) is 14.9. The number of imidazole rings is 1. The zero-order valence-corrected chi connectivity index (χ0v) is 18.6. The van der Waals surface area contributed by atoms with Gasteiger partial charge in [0.25, 0.3) is 0 Å². The average molecular weight is 461 g/mol. The molecule has 1 amide bonds. The van der Waals surface area contributed by atoms with E-state index < -0.39 is 9.84 Å². The Hall–Kier alpha value is -2.42. The molecule has 7 nitrogen and oxygen atoms in total. The van der Waals surface area contributed by atoms with Gasteiger partial charge in [0.2, 0.25) is 5.91 Å². The quantitative estimate of drug-likeness (QED) is 0.564. The molecule has 164 valence electrons. The number of nitrogens with one attached hydrogen (secondary N) is 2. The topological polar surface area (TPSA) is 95.2 Å². The van der Waals surface area contributed by atoms with Crippen molar-refractivity contribution in [2.45, 2.75) is 36.7 Å². The first-order valence-electron chi connectivity index (χ1n) is 10.3. The van der Waals surface area contributed by atoms with Crippen molar-refractivity contribution in [1.29, 1.82) is 0 Å². The van der Waals surface area contributed by atoms with Gasteiger partial charge in [-0.05, 0) is 36.4 Å². The smallest absolute Gasteiger partial charge is 0.221 e. The number of hydrogen-bond acceptors (Lipinski definition) is 5. The number of nitrogens with zero attached hydrogens (tertiary/aromatic N) is 2. The van der Waals surface area contributed by atoms with Gasteiger partial charge in [0.05, 0.1) is 17.2 Å². The van der Waals surface area contributed by atoms with Crippen molar-refractivity contribution >= 4 is 38.1 Å². The molecule has 1 aliphatic heterocycles. The number of benzene rings is 2. The van der Waals surface area contributed by atoms with Crippen LogP contribution in [0.2, 0.25) is 5.02 Å². The zero-order valence-electron chi connectivity index (χ0n) is 17.1.